The maximum atomic E-state index is 13.8. The van der Waals surface area contributed by atoms with Crippen LogP contribution >= 0.6 is 12.4 Å². The van der Waals surface area contributed by atoms with E-state index in [2.05, 4.69) is 4.72 Å². The van der Waals surface area contributed by atoms with Crippen LogP contribution < -0.4 is 15.2 Å². The van der Waals surface area contributed by atoms with Gasteiger partial charge in [0.05, 0.1) is 16.3 Å². The molecule has 0 aliphatic rings. The van der Waals surface area contributed by atoms with Crippen LogP contribution in [0.4, 0.5) is 10.1 Å². The minimum Gasteiger partial charge on any atom is -0.330 e. The van der Waals surface area contributed by atoms with Crippen LogP contribution in [0.1, 0.15) is 13.3 Å². The second kappa shape index (κ2) is 8.63. The summed E-state index contributed by atoms with van der Waals surface area (Å²) in [6.45, 7) is 1.87. The zero-order valence-electron chi connectivity index (χ0n) is 11.9. The SMILES string of the molecule is CCS(=O)(=O)Nc1ccc(S(=O)(=O)NCCCN)cc1F.Cl. The zero-order valence-corrected chi connectivity index (χ0v) is 14.3. The highest BCUT2D eigenvalue weighted by Crippen LogP contribution is 2.20. The number of nitrogens with two attached hydrogens (primary N) is 1. The molecule has 0 unspecified atom stereocenters. The van der Waals surface area contributed by atoms with Crippen LogP contribution in [-0.4, -0.2) is 35.7 Å². The van der Waals surface area contributed by atoms with E-state index in [0.717, 1.165) is 18.2 Å². The van der Waals surface area contributed by atoms with Crippen molar-refractivity contribution >= 4 is 38.1 Å². The fraction of sp³-hybridized carbons (Fsp3) is 0.455. The van der Waals surface area contributed by atoms with Gasteiger partial charge in [0.1, 0.15) is 5.82 Å². The number of nitrogens with one attached hydrogen (secondary N) is 2. The lowest BCUT2D eigenvalue weighted by Crippen LogP contribution is -2.26. The van der Waals surface area contributed by atoms with Crippen molar-refractivity contribution in [1.29, 1.82) is 0 Å². The third kappa shape index (κ3) is 6.05. The molecule has 1 rings (SSSR count). The Morgan fingerprint density at radius 3 is 2.36 bits per heavy atom. The third-order valence-electron chi connectivity index (χ3n) is 2.57. The summed E-state index contributed by atoms with van der Waals surface area (Å²) in [5.74, 6) is -1.18. The lowest BCUT2D eigenvalue weighted by molar-refractivity contribution is 0.576. The van der Waals surface area contributed by atoms with Crippen molar-refractivity contribution in [2.75, 3.05) is 23.6 Å². The quantitative estimate of drug-likeness (QED) is 0.576. The molecule has 0 saturated heterocycles. The van der Waals surface area contributed by atoms with E-state index in [1.807, 2.05) is 4.72 Å². The van der Waals surface area contributed by atoms with E-state index >= 15 is 0 Å². The van der Waals surface area contributed by atoms with Crippen molar-refractivity contribution in [2.45, 2.75) is 18.2 Å². The second-order valence-corrected chi connectivity index (χ2v) is 7.97. The molecule has 0 aliphatic heterocycles. The Balaban J connectivity index is 0.00000441. The van der Waals surface area contributed by atoms with E-state index in [0.29, 0.717) is 13.0 Å². The number of anilines is 1. The molecule has 0 spiro atoms. The predicted octanol–water partition coefficient (Wildman–Crippen LogP) is 0.636. The average molecular weight is 376 g/mol. The van der Waals surface area contributed by atoms with E-state index < -0.39 is 25.9 Å². The molecule has 1 aromatic carbocycles. The minimum atomic E-state index is -3.84. The molecule has 0 heterocycles. The van der Waals surface area contributed by atoms with Crippen LogP contribution in [0.25, 0.3) is 0 Å². The van der Waals surface area contributed by atoms with Crippen molar-refractivity contribution in [2.24, 2.45) is 5.73 Å². The average Bonchev–Trinajstić information content (AvgIpc) is 2.41. The molecule has 0 radical (unpaired) electrons. The fourth-order valence-corrected chi connectivity index (χ4v) is 3.11. The van der Waals surface area contributed by atoms with Crippen LogP contribution in [-0.2, 0) is 20.0 Å². The van der Waals surface area contributed by atoms with E-state index in [4.69, 9.17) is 5.73 Å². The predicted molar refractivity (Wildman–Crippen MR) is 85.6 cm³/mol. The van der Waals surface area contributed by atoms with Gasteiger partial charge in [0.15, 0.2) is 0 Å². The summed E-state index contributed by atoms with van der Waals surface area (Å²) in [7, 11) is -7.47. The van der Waals surface area contributed by atoms with Gasteiger partial charge in [-0.2, -0.15) is 0 Å². The molecule has 0 bridgehead atoms. The first-order valence-corrected chi connectivity index (χ1v) is 9.35. The highest BCUT2D eigenvalue weighted by molar-refractivity contribution is 7.92. The van der Waals surface area contributed by atoms with Gasteiger partial charge in [0.25, 0.3) is 0 Å². The van der Waals surface area contributed by atoms with Gasteiger partial charge in [0.2, 0.25) is 20.0 Å². The third-order valence-corrected chi connectivity index (χ3v) is 5.32. The van der Waals surface area contributed by atoms with Crippen molar-refractivity contribution in [1.82, 2.24) is 4.72 Å². The number of hydrogen-bond donors (Lipinski definition) is 3. The molecular formula is C11H19ClFN3O4S2. The molecule has 4 N–H and O–H groups in total. The molecule has 22 heavy (non-hydrogen) atoms. The molecular weight excluding hydrogens is 357 g/mol. The highest BCUT2D eigenvalue weighted by atomic mass is 35.5. The molecule has 0 aromatic heterocycles. The lowest BCUT2D eigenvalue weighted by Gasteiger charge is -2.10. The maximum Gasteiger partial charge on any atom is 0.240 e. The summed E-state index contributed by atoms with van der Waals surface area (Å²) in [5, 5.41) is 0. The Labute approximate surface area is 136 Å². The minimum absolute atomic E-state index is 0. The van der Waals surface area contributed by atoms with Crippen molar-refractivity contribution < 1.29 is 21.2 Å². The number of rotatable bonds is 8. The largest absolute Gasteiger partial charge is 0.330 e. The normalized spacial score (nSPS) is 11.8. The molecule has 0 amide bonds. The lowest BCUT2D eigenvalue weighted by atomic mass is 10.3. The van der Waals surface area contributed by atoms with Crippen LogP contribution in [0.3, 0.4) is 0 Å². The fourth-order valence-electron chi connectivity index (χ4n) is 1.38. The topological polar surface area (TPSA) is 118 Å². The van der Waals surface area contributed by atoms with E-state index in [9.17, 15) is 21.2 Å². The Morgan fingerprint density at radius 1 is 1.23 bits per heavy atom. The number of halogens is 2. The first kappa shape index (κ1) is 21.1. The Kier molecular flexibility index (Phi) is 8.26. The van der Waals surface area contributed by atoms with Gasteiger partial charge in [0, 0.05) is 6.54 Å². The summed E-state index contributed by atoms with van der Waals surface area (Å²) in [6.07, 6.45) is 0.454. The summed E-state index contributed by atoms with van der Waals surface area (Å²) in [5.41, 5.74) is 4.96. The molecule has 128 valence electrons. The number of hydrogen-bond acceptors (Lipinski definition) is 5. The Bertz CT molecular complexity index is 695. The van der Waals surface area contributed by atoms with E-state index in [1.54, 1.807) is 0 Å². The van der Waals surface area contributed by atoms with Gasteiger partial charge in [-0.15, -0.1) is 12.4 Å². The summed E-state index contributed by atoms with van der Waals surface area (Å²) < 4.78 is 64.5. The van der Waals surface area contributed by atoms with Gasteiger partial charge < -0.3 is 5.73 Å². The second-order valence-electron chi connectivity index (χ2n) is 4.19. The molecule has 0 atom stereocenters. The van der Waals surface area contributed by atoms with Gasteiger partial charge >= 0.3 is 0 Å². The van der Waals surface area contributed by atoms with Crippen LogP contribution in [0, 0.1) is 5.82 Å². The van der Waals surface area contributed by atoms with E-state index in [1.165, 1.54) is 6.92 Å². The zero-order chi connectivity index (χ0) is 16.1. The molecule has 7 nitrogen and oxygen atoms in total. The molecule has 1 aromatic rings. The van der Waals surface area contributed by atoms with Crippen LogP contribution in [0.5, 0.6) is 0 Å². The van der Waals surface area contributed by atoms with Gasteiger partial charge in [-0.3, -0.25) is 4.72 Å². The van der Waals surface area contributed by atoms with Crippen molar-refractivity contribution in [3.8, 4) is 0 Å². The number of benzene rings is 1. The van der Waals surface area contributed by atoms with Gasteiger partial charge in [-0.05, 0) is 38.1 Å². The van der Waals surface area contributed by atoms with Crippen molar-refractivity contribution in [3.63, 3.8) is 0 Å². The smallest absolute Gasteiger partial charge is 0.240 e. The van der Waals surface area contributed by atoms with Crippen LogP contribution in [0.2, 0.25) is 0 Å². The molecule has 11 heteroatoms. The first-order valence-electron chi connectivity index (χ1n) is 6.21. The highest BCUT2D eigenvalue weighted by Gasteiger charge is 2.17. The first-order chi connectivity index (χ1) is 9.72. The van der Waals surface area contributed by atoms with Crippen molar-refractivity contribution in [3.05, 3.63) is 24.0 Å². The van der Waals surface area contributed by atoms with Gasteiger partial charge in [-0.25, -0.2) is 25.9 Å². The Morgan fingerprint density at radius 2 is 1.86 bits per heavy atom. The molecule has 0 fully saturated rings. The van der Waals surface area contributed by atoms with Gasteiger partial charge in [-0.1, -0.05) is 0 Å². The summed E-state index contributed by atoms with van der Waals surface area (Å²) in [6, 6.07) is 2.96. The summed E-state index contributed by atoms with van der Waals surface area (Å²) in [4.78, 5) is -0.281. The van der Waals surface area contributed by atoms with Crippen LogP contribution in [0.15, 0.2) is 23.1 Å². The standard InChI is InChI=1S/C11H18FN3O4S2.ClH/c1-2-20(16,17)15-11-5-4-9(8-10(11)12)21(18,19)14-7-3-6-13;/h4-5,8,14-15H,2-3,6-7,13H2,1H3;1H. The maximum absolute atomic E-state index is 13.8. The number of sulfonamides is 2. The summed E-state index contributed by atoms with van der Waals surface area (Å²) >= 11 is 0. The molecule has 0 aliphatic carbocycles. The molecule has 0 saturated carbocycles. The monoisotopic (exact) mass is 375 g/mol. The van der Waals surface area contributed by atoms with E-state index in [-0.39, 0.29) is 35.3 Å². The Hall–Kier alpha value is -0.940.